The summed E-state index contributed by atoms with van der Waals surface area (Å²) in [5.74, 6) is 2.30. The van der Waals surface area contributed by atoms with Crippen LogP contribution in [-0.2, 0) is 0 Å². The Hall–Kier alpha value is -0.160. The summed E-state index contributed by atoms with van der Waals surface area (Å²) in [6, 6.07) is 0.389. The highest BCUT2D eigenvalue weighted by Crippen LogP contribution is 2.63. The average molecular weight is 365 g/mol. The lowest BCUT2D eigenvalue weighted by atomic mass is 9.43. The third kappa shape index (κ3) is 2.48. The fourth-order valence-electron chi connectivity index (χ4n) is 7.42. The minimum absolute atomic E-state index is 0.195. The van der Waals surface area contributed by atoms with Gasteiger partial charge in [-0.05, 0) is 74.0 Å². The van der Waals surface area contributed by atoms with Crippen LogP contribution in [-0.4, -0.2) is 46.6 Å². The van der Waals surface area contributed by atoms with E-state index in [1.165, 1.54) is 12.8 Å². The summed E-state index contributed by atoms with van der Waals surface area (Å²) in [6.45, 7) is 15.0. The van der Waals surface area contributed by atoms with Crippen LogP contribution in [0.5, 0.6) is 0 Å². The molecule has 0 aromatic rings. The first-order chi connectivity index (χ1) is 11.9. The Kier molecular flexibility index (Phi) is 4.19. The fraction of sp³-hybridized carbons (Fsp3) is 1.00. The molecule has 0 aliphatic heterocycles. The van der Waals surface area contributed by atoms with E-state index in [4.69, 9.17) is 0 Å². The molecule has 2 unspecified atom stereocenters. The van der Waals surface area contributed by atoms with E-state index in [-0.39, 0.29) is 22.9 Å². The standard InChI is InChI=1S/C22H40N2O2/c1-19(2)13-9-15(19)21(5,25)17(11-13)23-7-8-24-18-12-14-10-16(20(14,3)4)22(18,6)26/h13-18,23-26H,7-12H2,1-6H3/t13-,14-,15-,16-,17?,18?,21-,22-/m1/s1. The van der Waals surface area contributed by atoms with Crippen molar-refractivity contribution in [2.45, 2.75) is 90.5 Å². The number of nitrogens with one attached hydrogen (secondary N) is 2. The molecule has 6 saturated carbocycles. The van der Waals surface area contributed by atoms with Gasteiger partial charge < -0.3 is 20.8 Å². The van der Waals surface area contributed by atoms with Crippen LogP contribution < -0.4 is 10.6 Å². The first-order valence-corrected chi connectivity index (χ1v) is 10.8. The molecule has 150 valence electrons. The minimum Gasteiger partial charge on any atom is -0.388 e. The van der Waals surface area contributed by atoms with Crippen LogP contribution in [0.25, 0.3) is 0 Å². The van der Waals surface area contributed by atoms with E-state index in [1.54, 1.807) is 0 Å². The zero-order valence-corrected chi connectivity index (χ0v) is 17.6. The predicted octanol–water partition coefficient (Wildman–Crippen LogP) is 2.54. The van der Waals surface area contributed by atoms with E-state index >= 15 is 0 Å². The van der Waals surface area contributed by atoms with Crippen molar-refractivity contribution in [1.82, 2.24) is 10.6 Å². The van der Waals surface area contributed by atoms with E-state index in [0.717, 1.165) is 37.8 Å². The van der Waals surface area contributed by atoms with Crippen molar-refractivity contribution in [3.05, 3.63) is 0 Å². The molecule has 8 atom stereocenters. The topological polar surface area (TPSA) is 64.5 Å². The molecule has 0 heterocycles. The van der Waals surface area contributed by atoms with E-state index in [9.17, 15) is 10.2 Å². The first-order valence-electron chi connectivity index (χ1n) is 10.8. The molecule has 0 radical (unpaired) electrons. The molecular weight excluding hydrogens is 324 g/mol. The highest BCUT2D eigenvalue weighted by molar-refractivity contribution is 5.15. The lowest BCUT2D eigenvalue weighted by Gasteiger charge is -2.65. The van der Waals surface area contributed by atoms with Crippen molar-refractivity contribution in [3.8, 4) is 0 Å². The Morgan fingerprint density at radius 3 is 1.27 bits per heavy atom. The quantitative estimate of drug-likeness (QED) is 0.566. The molecule has 0 aromatic carbocycles. The van der Waals surface area contributed by atoms with Crippen LogP contribution >= 0.6 is 0 Å². The van der Waals surface area contributed by atoms with E-state index < -0.39 is 11.2 Å². The van der Waals surface area contributed by atoms with Gasteiger partial charge in [0.2, 0.25) is 0 Å². The normalized spacial score (nSPS) is 53.5. The fourth-order valence-corrected chi connectivity index (χ4v) is 7.42. The summed E-state index contributed by atoms with van der Waals surface area (Å²) >= 11 is 0. The zero-order valence-electron chi connectivity index (χ0n) is 17.6. The lowest BCUT2D eigenvalue weighted by molar-refractivity contribution is -0.211. The van der Waals surface area contributed by atoms with Crippen LogP contribution in [0.1, 0.15) is 67.2 Å². The summed E-state index contributed by atoms with van der Waals surface area (Å²) in [4.78, 5) is 0. The average Bonchev–Trinajstić information content (AvgIpc) is 2.51. The van der Waals surface area contributed by atoms with Gasteiger partial charge in [0.25, 0.3) is 0 Å². The van der Waals surface area contributed by atoms with Gasteiger partial charge in [0.1, 0.15) is 0 Å². The second-order valence-electron chi connectivity index (χ2n) is 11.5. The third-order valence-electron chi connectivity index (χ3n) is 9.71. The summed E-state index contributed by atoms with van der Waals surface area (Å²) in [6.07, 6.45) is 4.52. The SMILES string of the molecule is CC1(C)[C@H]2CC(NCCNC3C[C@H]4C[C@H](C4(C)C)[C@@]3(C)O)[C@](C)(O)[C@@H]1C2. The van der Waals surface area contributed by atoms with Crippen molar-refractivity contribution in [2.24, 2.45) is 34.5 Å². The first kappa shape index (κ1) is 19.2. The monoisotopic (exact) mass is 364 g/mol. The van der Waals surface area contributed by atoms with Crippen LogP contribution in [0, 0.1) is 34.5 Å². The number of rotatable bonds is 5. The van der Waals surface area contributed by atoms with Gasteiger partial charge in [-0.25, -0.2) is 0 Å². The van der Waals surface area contributed by atoms with Gasteiger partial charge in [-0.15, -0.1) is 0 Å². The summed E-state index contributed by atoms with van der Waals surface area (Å²) < 4.78 is 0. The third-order valence-corrected chi connectivity index (χ3v) is 9.71. The predicted molar refractivity (Wildman–Crippen MR) is 105 cm³/mol. The van der Waals surface area contributed by atoms with Gasteiger partial charge in [-0.2, -0.15) is 0 Å². The van der Waals surface area contributed by atoms with Gasteiger partial charge >= 0.3 is 0 Å². The molecule has 0 amide bonds. The molecule has 4 bridgehead atoms. The molecule has 6 aliphatic rings. The Labute approximate surface area is 159 Å². The number of fused-ring (bicyclic) bond motifs is 4. The maximum atomic E-state index is 11.1. The smallest absolute Gasteiger partial charge is 0.0805 e. The van der Waals surface area contributed by atoms with Crippen molar-refractivity contribution in [1.29, 1.82) is 0 Å². The molecule has 6 rings (SSSR count). The van der Waals surface area contributed by atoms with Gasteiger partial charge in [0, 0.05) is 25.2 Å². The molecule has 0 aromatic heterocycles. The van der Waals surface area contributed by atoms with Crippen LogP contribution in [0.4, 0.5) is 0 Å². The maximum Gasteiger partial charge on any atom is 0.0805 e. The van der Waals surface area contributed by atoms with Crippen molar-refractivity contribution >= 4 is 0 Å². The van der Waals surface area contributed by atoms with Crippen LogP contribution in [0.2, 0.25) is 0 Å². The second-order valence-corrected chi connectivity index (χ2v) is 11.5. The zero-order chi connectivity index (χ0) is 19.1. The van der Waals surface area contributed by atoms with E-state index in [1.807, 2.05) is 13.8 Å². The van der Waals surface area contributed by atoms with Crippen LogP contribution in [0.15, 0.2) is 0 Å². The number of hydrogen-bond acceptors (Lipinski definition) is 4. The summed E-state index contributed by atoms with van der Waals surface area (Å²) in [5.41, 5.74) is -0.649. The Morgan fingerprint density at radius 2 is 1.00 bits per heavy atom. The van der Waals surface area contributed by atoms with Crippen molar-refractivity contribution in [3.63, 3.8) is 0 Å². The minimum atomic E-state index is -0.611. The second kappa shape index (κ2) is 5.68. The summed E-state index contributed by atoms with van der Waals surface area (Å²) in [7, 11) is 0. The van der Waals surface area contributed by atoms with Crippen molar-refractivity contribution in [2.75, 3.05) is 13.1 Å². The number of aliphatic hydroxyl groups is 2. The van der Waals surface area contributed by atoms with Gasteiger partial charge in [0.15, 0.2) is 0 Å². The van der Waals surface area contributed by atoms with Gasteiger partial charge in [-0.3, -0.25) is 0 Å². The molecule has 0 spiro atoms. The molecule has 26 heavy (non-hydrogen) atoms. The molecule has 4 nitrogen and oxygen atoms in total. The number of hydrogen-bond donors (Lipinski definition) is 4. The van der Waals surface area contributed by atoms with Crippen LogP contribution in [0.3, 0.4) is 0 Å². The Balaban J connectivity index is 1.27. The highest BCUT2D eigenvalue weighted by atomic mass is 16.3. The molecular formula is C22H40N2O2. The Morgan fingerprint density at radius 1 is 0.654 bits per heavy atom. The summed E-state index contributed by atoms with van der Waals surface area (Å²) in [5, 5.41) is 29.4. The molecule has 6 aliphatic carbocycles. The molecule has 6 fully saturated rings. The largest absolute Gasteiger partial charge is 0.388 e. The van der Waals surface area contributed by atoms with Gasteiger partial charge in [-0.1, -0.05) is 27.7 Å². The van der Waals surface area contributed by atoms with E-state index in [2.05, 4.69) is 38.3 Å². The highest BCUT2D eigenvalue weighted by Gasteiger charge is 2.63. The molecule has 0 saturated heterocycles. The molecule has 4 heteroatoms. The van der Waals surface area contributed by atoms with E-state index in [0.29, 0.717) is 11.8 Å². The molecule has 4 N–H and O–H groups in total. The van der Waals surface area contributed by atoms with Crippen molar-refractivity contribution < 1.29 is 10.2 Å². The van der Waals surface area contributed by atoms with Gasteiger partial charge in [0.05, 0.1) is 11.2 Å². The maximum absolute atomic E-state index is 11.1. The Bertz CT molecular complexity index is 518. The lowest BCUT2D eigenvalue weighted by Crippen LogP contribution is -2.71.